The molecule has 29 heavy (non-hydrogen) atoms. The number of nitrogens with one attached hydrogen (secondary N) is 2. The van der Waals surface area contributed by atoms with Crippen molar-refractivity contribution in [3.63, 3.8) is 0 Å². The van der Waals surface area contributed by atoms with E-state index >= 15 is 0 Å². The van der Waals surface area contributed by atoms with Gasteiger partial charge in [0.05, 0.1) is 27.5 Å². The molecule has 0 heterocycles. The number of ether oxygens (including phenoxy) is 3. The van der Waals surface area contributed by atoms with E-state index in [-0.39, 0.29) is 6.42 Å². The van der Waals surface area contributed by atoms with Crippen LogP contribution >= 0.6 is 0 Å². The van der Waals surface area contributed by atoms with E-state index in [0.717, 1.165) is 11.1 Å². The van der Waals surface area contributed by atoms with E-state index in [1.165, 1.54) is 27.5 Å². The molecule has 0 aliphatic heterocycles. The Morgan fingerprint density at radius 1 is 0.966 bits per heavy atom. The summed E-state index contributed by atoms with van der Waals surface area (Å²) in [4.78, 5) is 24.0. The minimum absolute atomic E-state index is 0.347. The lowest BCUT2D eigenvalue weighted by Crippen LogP contribution is -2.24. The molecule has 0 bridgehead atoms. The number of amides is 2. The highest BCUT2D eigenvalue weighted by atomic mass is 16.5. The van der Waals surface area contributed by atoms with E-state index < -0.39 is 11.8 Å². The van der Waals surface area contributed by atoms with Gasteiger partial charge >= 0.3 is 0 Å². The van der Waals surface area contributed by atoms with Gasteiger partial charge in [0.15, 0.2) is 11.5 Å². The van der Waals surface area contributed by atoms with Crippen molar-refractivity contribution in [3.8, 4) is 17.2 Å². The molecule has 0 fully saturated rings. The molecular weight excluding hydrogens is 374 g/mol. The summed E-state index contributed by atoms with van der Waals surface area (Å²) in [5.74, 6) is 0.438. The van der Waals surface area contributed by atoms with Crippen LogP contribution in [0.15, 0.2) is 35.4 Å². The van der Waals surface area contributed by atoms with Crippen LogP contribution in [0.4, 0.5) is 5.69 Å². The summed E-state index contributed by atoms with van der Waals surface area (Å²) < 4.78 is 15.8. The summed E-state index contributed by atoms with van der Waals surface area (Å²) in [6, 6.07) is 9.03. The number of hydrazone groups is 1. The number of carbonyl (C=O) groups is 2. The molecule has 0 aliphatic rings. The van der Waals surface area contributed by atoms with Crippen LogP contribution in [0.25, 0.3) is 0 Å². The maximum absolute atomic E-state index is 12.1. The monoisotopic (exact) mass is 399 g/mol. The second-order valence-corrected chi connectivity index (χ2v) is 6.30. The molecule has 0 spiro atoms. The Morgan fingerprint density at radius 2 is 1.62 bits per heavy atom. The van der Waals surface area contributed by atoms with E-state index in [4.69, 9.17) is 14.2 Å². The molecule has 8 nitrogen and oxygen atoms in total. The van der Waals surface area contributed by atoms with E-state index in [1.54, 1.807) is 12.1 Å². The number of aryl methyl sites for hydroxylation is 2. The van der Waals surface area contributed by atoms with Gasteiger partial charge in [-0.15, -0.1) is 0 Å². The van der Waals surface area contributed by atoms with Gasteiger partial charge in [-0.05, 0) is 37.6 Å². The van der Waals surface area contributed by atoms with E-state index in [2.05, 4.69) is 15.8 Å². The molecule has 0 aromatic heterocycles. The zero-order chi connectivity index (χ0) is 21.4. The van der Waals surface area contributed by atoms with Gasteiger partial charge < -0.3 is 19.5 Å². The fraction of sp³-hybridized carbons (Fsp3) is 0.286. The van der Waals surface area contributed by atoms with Gasteiger partial charge in [0.1, 0.15) is 6.42 Å². The molecule has 2 rings (SSSR count). The smallest absolute Gasteiger partial charge is 0.249 e. The Bertz CT molecular complexity index is 900. The van der Waals surface area contributed by atoms with Crippen molar-refractivity contribution >= 4 is 23.7 Å². The van der Waals surface area contributed by atoms with E-state index in [0.29, 0.717) is 28.5 Å². The Hall–Kier alpha value is -3.55. The number of nitrogens with zero attached hydrogens (tertiary/aromatic N) is 1. The first kappa shape index (κ1) is 21.7. The van der Waals surface area contributed by atoms with Crippen molar-refractivity contribution in [2.24, 2.45) is 5.10 Å². The second kappa shape index (κ2) is 10.1. The topological polar surface area (TPSA) is 98.2 Å². The van der Waals surface area contributed by atoms with Gasteiger partial charge in [-0.25, -0.2) is 5.43 Å². The van der Waals surface area contributed by atoms with Crippen LogP contribution in [0.3, 0.4) is 0 Å². The van der Waals surface area contributed by atoms with Gasteiger partial charge in [0, 0.05) is 11.3 Å². The molecule has 0 saturated heterocycles. The Kier molecular flexibility index (Phi) is 7.59. The van der Waals surface area contributed by atoms with Gasteiger partial charge in [-0.3, -0.25) is 9.59 Å². The van der Waals surface area contributed by atoms with E-state index in [9.17, 15) is 9.59 Å². The molecule has 2 aromatic rings. The SMILES string of the molecule is COc1cc(C=NNC(=O)CC(=O)Nc2ccc(C)cc2C)cc(OC)c1OC. The number of hydrogen-bond donors (Lipinski definition) is 2. The molecule has 2 aromatic carbocycles. The van der Waals surface area contributed by atoms with Crippen molar-refractivity contribution < 1.29 is 23.8 Å². The third kappa shape index (κ3) is 5.97. The number of carbonyl (C=O) groups excluding carboxylic acids is 2. The van der Waals surface area contributed by atoms with Gasteiger partial charge in [-0.2, -0.15) is 5.10 Å². The number of rotatable bonds is 8. The molecule has 2 amide bonds. The number of anilines is 1. The first-order valence-corrected chi connectivity index (χ1v) is 8.87. The molecule has 0 saturated carbocycles. The average Bonchev–Trinajstić information content (AvgIpc) is 2.69. The molecule has 8 heteroatoms. The minimum Gasteiger partial charge on any atom is -0.493 e. The Labute approximate surface area is 169 Å². The zero-order valence-corrected chi connectivity index (χ0v) is 17.2. The number of methoxy groups -OCH3 is 3. The largest absolute Gasteiger partial charge is 0.493 e. The second-order valence-electron chi connectivity index (χ2n) is 6.30. The van der Waals surface area contributed by atoms with Crippen LogP contribution in [-0.4, -0.2) is 39.4 Å². The van der Waals surface area contributed by atoms with Crippen molar-refractivity contribution in [2.75, 3.05) is 26.6 Å². The normalized spacial score (nSPS) is 10.5. The predicted octanol–water partition coefficient (Wildman–Crippen LogP) is 2.81. The Balaban J connectivity index is 1.96. The highest BCUT2D eigenvalue weighted by Crippen LogP contribution is 2.37. The fourth-order valence-corrected chi connectivity index (χ4v) is 2.69. The van der Waals surface area contributed by atoms with Crippen LogP contribution in [0, 0.1) is 13.8 Å². The van der Waals surface area contributed by atoms with Crippen LogP contribution in [-0.2, 0) is 9.59 Å². The van der Waals surface area contributed by atoms with E-state index in [1.807, 2.05) is 32.0 Å². The highest BCUT2D eigenvalue weighted by Gasteiger charge is 2.13. The lowest BCUT2D eigenvalue weighted by atomic mass is 10.1. The minimum atomic E-state index is -0.532. The lowest BCUT2D eigenvalue weighted by molar-refractivity contribution is -0.126. The third-order valence-electron chi connectivity index (χ3n) is 4.07. The molecule has 154 valence electrons. The molecule has 0 radical (unpaired) electrons. The summed E-state index contributed by atoms with van der Waals surface area (Å²) in [6.07, 6.45) is 1.07. The van der Waals surface area contributed by atoms with Gasteiger partial charge in [-0.1, -0.05) is 17.7 Å². The van der Waals surface area contributed by atoms with Gasteiger partial charge in [0.25, 0.3) is 0 Å². The molecule has 2 N–H and O–H groups in total. The molecule has 0 unspecified atom stereocenters. The summed E-state index contributed by atoms with van der Waals surface area (Å²) in [5, 5.41) is 6.60. The van der Waals surface area contributed by atoms with Crippen molar-refractivity contribution in [2.45, 2.75) is 20.3 Å². The predicted molar refractivity (Wildman–Crippen MR) is 111 cm³/mol. The van der Waals surface area contributed by atoms with Crippen molar-refractivity contribution in [1.82, 2.24) is 5.43 Å². The number of hydrogen-bond acceptors (Lipinski definition) is 6. The third-order valence-corrected chi connectivity index (χ3v) is 4.07. The van der Waals surface area contributed by atoms with Crippen LogP contribution in [0.2, 0.25) is 0 Å². The summed E-state index contributed by atoms with van der Waals surface area (Å²) in [6.45, 7) is 3.86. The molecule has 0 atom stereocenters. The summed E-state index contributed by atoms with van der Waals surface area (Å²) in [7, 11) is 4.53. The first-order chi connectivity index (χ1) is 13.9. The van der Waals surface area contributed by atoms with Gasteiger partial charge in [0.2, 0.25) is 17.6 Å². The highest BCUT2D eigenvalue weighted by molar-refractivity contribution is 6.04. The van der Waals surface area contributed by atoms with Crippen molar-refractivity contribution in [1.29, 1.82) is 0 Å². The average molecular weight is 399 g/mol. The summed E-state index contributed by atoms with van der Waals surface area (Å²) in [5.41, 5.74) is 5.66. The zero-order valence-electron chi connectivity index (χ0n) is 17.2. The van der Waals surface area contributed by atoms with Crippen LogP contribution in [0.1, 0.15) is 23.1 Å². The van der Waals surface area contributed by atoms with Crippen LogP contribution < -0.4 is 25.0 Å². The lowest BCUT2D eigenvalue weighted by Gasteiger charge is -2.12. The molecular formula is C21H25N3O5. The molecule has 0 aliphatic carbocycles. The van der Waals surface area contributed by atoms with Crippen molar-refractivity contribution in [3.05, 3.63) is 47.0 Å². The maximum atomic E-state index is 12.1. The quantitative estimate of drug-likeness (QED) is 0.404. The Morgan fingerprint density at radius 3 is 2.17 bits per heavy atom. The number of benzene rings is 2. The van der Waals surface area contributed by atoms with Crippen LogP contribution in [0.5, 0.6) is 17.2 Å². The fourth-order valence-electron chi connectivity index (χ4n) is 2.69. The summed E-state index contributed by atoms with van der Waals surface area (Å²) >= 11 is 0. The standard InChI is InChI=1S/C21H25N3O5/c1-13-6-7-16(14(2)8-13)23-19(25)11-20(26)24-22-12-15-9-17(27-3)21(29-5)18(10-15)28-4/h6-10,12H,11H2,1-5H3,(H,23,25)(H,24,26). The maximum Gasteiger partial charge on any atom is 0.249 e. The first-order valence-electron chi connectivity index (χ1n) is 8.87.